The Kier molecular flexibility index (Phi) is 9.15. The van der Waals surface area contributed by atoms with Crippen molar-refractivity contribution in [2.75, 3.05) is 39.5 Å². The Bertz CT molecular complexity index is 1710. The van der Waals surface area contributed by atoms with Gasteiger partial charge in [-0.3, -0.25) is 19.6 Å². The van der Waals surface area contributed by atoms with Gasteiger partial charge in [-0.25, -0.2) is 4.79 Å². The van der Waals surface area contributed by atoms with Gasteiger partial charge in [0, 0.05) is 48.2 Å². The van der Waals surface area contributed by atoms with Crippen molar-refractivity contribution in [3.05, 3.63) is 87.1 Å². The fraction of sp³-hybridized carbons (Fsp3) is 0.250. The van der Waals surface area contributed by atoms with E-state index < -0.39 is 5.97 Å². The van der Waals surface area contributed by atoms with Crippen LogP contribution < -0.4 is 4.74 Å². The van der Waals surface area contributed by atoms with Gasteiger partial charge in [-0.15, -0.1) is 11.3 Å². The normalized spacial score (nSPS) is 16.8. The molecule has 43 heavy (non-hydrogen) atoms. The maximum atomic E-state index is 13.2. The molecular weight excluding hydrogens is 603 g/mol. The van der Waals surface area contributed by atoms with Gasteiger partial charge in [-0.05, 0) is 71.5 Å². The lowest BCUT2D eigenvalue weighted by molar-refractivity contribution is -0.122. The van der Waals surface area contributed by atoms with E-state index in [0.717, 1.165) is 45.6 Å². The Balaban J connectivity index is 1.06. The van der Waals surface area contributed by atoms with Crippen LogP contribution in [0.5, 0.6) is 5.75 Å². The van der Waals surface area contributed by atoms with E-state index in [-0.39, 0.29) is 11.5 Å². The van der Waals surface area contributed by atoms with Crippen LogP contribution in [0, 0.1) is 0 Å². The van der Waals surface area contributed by atoms with Crippen LogP contribution in [-0.2, 0) is 16.1 Å². The molecule has 0 saturated carbocycles. The van der Waals surface area contributed by atoms with E-state index >= 15 is 0 Å². The summed E-state index contributed by atoms with van der Waals surface area (Å²) < 4.78 is 12.0. The van der Waals surface area contributed by atoms with Gasteiger partial charge in [0.05, 0.1) is 35.8 Å². The zero-order chi connectivity index (χ0) is 29.8. The number of carbonyl (C=O) groups excluding carboxylic acids is 1. The molecule has 220 valence electrons. The van der Waals surface area contributed by atoms with Crippen molar-refractivity contribution in [1.29, 1.82) is 0 Å². The van der Waals surface area contributed by atoms with Crippen molar-refractivity contribution in [1.82, 2.24) is 14.8 Å². The molecule has 0 spiro atoms. The van der Waals surface area contributed by atoms with E-state index in [1.165, 1.54) is 11.8 Å². The molecule has 0 atom stereocenters. The monoisotopic (exact) mass is 631 g/mol. The number of benzene rings is 2. The number of carbonyl (C=O) groups is 2. The van der Waals surface area contributed by atoms with Crippen LogP contribution in [0.25, 0.3) is 28.1 Å². The highest BCUT2D eigenvalue weighted by Crippen LogP contribution is 2.35. The van der Waals surface area contributed by atoms with Gasteiger partial charge >= 0.3 is 5.97 Å². The van der Waals surface area contributed by atoms with Crippen molar-refractivity contribution in [2.24, 2.45) is 0 Å². The van der Waals surface area contributed by atoms with E-state index in [1.54, 1.807) is 40.6 Å². The van der Waals surface area contributed by atoms with Crippen LogP contribution >= 0.6 is 35.3 Å². The van der Waals surface area contributed by atoms with Crippen LogP contribution in [0.2, 0.25) is 0 Å². The summed E-state index contributed by atoms with van der Waals surface area (Å²) in [6.45, 7) is 4.27. The number of amides is 1. The smallest absolute Gasteiger partial charge is 0.335 e. The molecule has 2 fully saturated rings. The lowest BCUT2D eigenvalue weighted by Gasteiger charge is -2.27. The number of aromatic nitrogens is 1. The number of nitrogens with zero attached hydrogens (tertiary/aromatic N) is 3. The van der Waals surface area contributed by atoms with Crippen molar-refractivity contribution in [3.8, 4) is 16.9 Å². The molecule has 2 aromatic heterocycles. The number of aromatic carboxylic acids is 1. The molecule has 6 rings (SSSR count). The van der Waals surface area contributed by atoms with Gasteiger partial charge in [-0.1, -0.05) is 36.1 Å². The highest BCUT2D eigenvalue weighted by Gasteiger charge is 2.31. The first kappa shape index (κ1) is 29.5. The summed E-state index contributed by atoms with van der Waals surface area (Å²) in [5, 5.41) is 12.6. The summed E-state index contributed by atoms with van der Waals surface area (Å²) in [5.74, 6) is -0.416. The second-order valence-corrected chi connectivity index (χ2v) is 12.8. The zero-order valence-corrected chi connectivity index (χ0v) is 25.7. The molecule has 11 heteroatoms. The Morgan fingerprint density at radius 1 is 1.12 bits per heavy atom. The molecular formula is C32H29N3O5S3. The highest BCUT2D eigenvalue weighted by molar-refractivity contribution is 8.26. The lowest BCUT2D eigenvalue weighted by Crippen LogP contribution is -2.35. The standard InChI is InChI=1S/C32H29N3O5S3/c36-30-29(18-26-17-25(20-42-26)21-4-6-27-22(15-21)3-1-8-33-27)43-32(41)35(30)9-2-12-40-28-7-5-23(31(37)38)16-24(28)19-34-10-13-39-14-11-34/h1,3-8,15-18,20H,2,9-14,19H2,(H,37,38)/b29-18-. The number of fused-ring (bicyclic) bond motifs is 1. The predicted octanol–water partition coefficient (Wildman–Crippen LogP) is 6.16. The summed E-state index contributed by atoms with van der Waals surface area (Å²) >= 11 is 8.45. The number of morpholine rings is 1. The third-order valence-electron chi connectivity index (χ3n) is 7.29. The van der Waals surface area contributed by atoms with Crippen LogP contribution in [-0.4, -0.2) is 75.5 Å². The number of thiocarbonyl (C=S) groups is 1. The highest BCUT2D eigenvalue weighted by atomic mass is 32.2. The first-order chi connectivity index (χ1) is 20.9. The Morgan fingerprint density at radius 3 is 2.81 bits per heavy atom. The van der Waals surface area contributed by atoms with E-state index in [9.17, 15) is 14.7 Å². The Morgan fingerprint density at radius 2 is 1.98 bits per heavy atom. The maximum Gasteiger partial charge on any atom is 0.335 e. The zero-order valence-electron chi connectivity index (χ0n) is 23.2. The number of hydrogen-bond acceptors (Lipinski definition) is 9. The number of pyridine rings is 1. The molecule has 4 heterocycles. The van der Waals surface area contributed by atoms with Crippen LogP contribution in [0.15, 0.2) is 71.1 Å². The minimum absolute atomic E-state index is 0.0967. The van der Waals surface area contributed by atoms with Crippen molar-refractivity contribution < 1.29 is 24.2 Å². The largest absolute Gasteiger partial charge is 0.493 e. The summed E-state index contributed by atoms with van der Waals surface area (Å²) in [6, 6.07) is 17.2. The average molecular weight is 632 g/mol. The minimum Gasteiger partial charge on any atom is -0.493 e. The predicted molar refractivity (Wildman–Crippen MR) is 175 cm³/mol. The third kappa shape index (κ3) is 6.97. The molecule has 0 unspecified atom stereocenters. The number of carboxylic acids is 1. The molecule has 2 saturated heterocycles. The van der Waals surface area contributed by atoms with Crippen LogP contribution in [0.1, 0.15) is 27.2 Å². The van der Waals surface area contributed by atoms with E-state index in [2.05, 4.69) is 39.5 Å². The Hall–Kier alpha value is -3.61. The molecule has 2 aliphatic heterocycles. The lowest BCUT2D eigenvalue weighted by atomic mass is 10.1. The summed E-state index contributed by atoms with van der Waals surface area (Å²) in [5.41, 5.74) is 4.22. The number of carboxylic acid groups (broad SMARTS) is 1. The van der Waals surface area contributed by atoms with Gasteiger partial charge in [0.2, 0.25) is 0 Å². The van der Waals surface area contributed by atoms with Crippen molar-refractivity contribution in [3.63, 3.8) is 0 Å². The third-order valence-corrected chi connectivity index (χ3v) is 9.55. The molecule has 2 aromatic carbocycles. The fourth-order valence-electron chi connectivity index (χ4n) is 5.04. The van der Waals surface area contributed by atoms with Crippen molar-refractivity contribution in [2.45, 2.75) is 13.0 Å². The fourth-order valence-corrected chi connectivity index (χ4v) is 7.26. The minimum atomic E-state index is -0.970. The van der Waals surface area contributed by atoms with Gasteiger partial charge in [0.25, 0.3) is 5.91 Å². The molecule has 8 nitrogen and oxygen atoms in total. The number of ether oxygens (including phenoxy) is 2. The van der Waals surface area contributed by atoms with Gasteiger partial charge in [0.15, 0.2) is 0 Å². The quantitative estimate of drug-likeness (QED) is 0.125. The van der Waals surface area contributed by atoms with Gasteiger partial charge < -0.3 is 14.6 Å². The van der Waals surface area contributed by atoms with Crippen LogP contribution in [0.3, 0.4) is 0 Å². The number of rotatable bonds is 10. The average Bonchev–Trinajstić information content (AvgIpc) is 3.59. The molecule has 2 aliphatic rings. The first-order valence-corrected chi connectivity index (χ1v) is 16.0. The van der Waals surface area contributed by atoms with E-state index in [4.69, 9.17) is 21.7 Å². The first-order valence-electron chi connectivity index (χ1n) is 13.9. The van der Waals surface area contributed by atoms with E-state index in [1.807, 2.05) is 18.2 Å². The number of hydrogen-bond donors (Lipinski definition) is 1. The topological polar surface area (TPSA) is 92.2 Å². The molecule has 0 aliphatic carbocycles. The molecule has 0 radical (unpaired) electrons. The summed E-state index contributed by atoms with van der Waals surface area (Å²) in [4.78, 5) is 34.6. The van der Waals surface area contributed by atoms with Crippen molar-refractivity contribution >= 4 is 68.5 Å². The summed E-state index contributed by atoms with van der Waals surface area (Å²) in [7, 11) is 0. The summed E-state index contributed by atoms with van der Waals surface area (Å²) in [6.07, 6.45) is 4.28. The number of thioether (sulfide) groups is 1. The Labute approximate surface area is 262 Å². The maximum absolute atomic E-state index is 13.2. The molecule has 0 bridgehead atoms. The molecule has 1 amide bonds. The molecule has 4 aromatic rings. The van der Waals surface area contributed by atoms with Gasteiger partial charge in [-0.2, -0.15) is 0 Å². The SMILES string of the molecule is O=C(O)c1ccc(OCCCN2C(=O)/C(=C/c3cc(-c4ccc5ncccc5c4)cs3)SC2=S)c(CN2CCOCC2)c1. The second kappa shape index (κ2) is 13.4. The number of thiophene rings is 1. The second-order valence-electron chi connectivity index (χ2n) is 10.2. The van der Waals surface area contributed by atoms with Crippen LogP contribution in [0.4, 0.5) is 0 Å². The molecule has 1 N–H and O–H groups in total. The van der Waals surface area contributed by atoms with Gasteiger partial charge in [0.1, 0.15) is 10.1 Å². The van der Waals surface area contributed by atoms with E-state index in [0.29, 0.717) is 54.3 Å².